The highest BCUT2D eigenvalue weighted by Gasteiger charge is 2.38. The number of rotatable bonds is 3. The van der Waals surface area contributed by atoms with E-state index in [0.717, 1.165) is 32.1 Å². The fourth-order valence-electron chi connectivity index (χ4n) is 2.65. The van der Waals surface area contributed by atoms with Gasteiger partial charge in [0.2, 0.25) is 0 Å². The zero-order chi connectivity index (χ0) is 12.3. The van der Waals surface area contributed by atoms with Crippen LogP contribution in [0, 0.1) is 0 Å². The molecule has 0 aliphatic heterocycles. The molecule has 1 atom stereocenters. The lowest BCUT2D eigenvalue weighted by molar-refractivity contribution is 0.140. The molecule has 0 spiro atoms. The van der Waals surface area contributed by atoms with E-state index < -0.39 is 11.7 Å². The van der Waals surface area contributed by atoms with E-state index in [1.54, 1.807) is 19.2 Å². The standard InChI is InChI=1S/C14H20FNO/c1-17-12-8-4-3-7-11(12)13(15)14(16)9-5-2-6-10-14/h3-4,7-8,13H,2,5-6,9-10,16H2,1H3. The number of methoxy groups -OCH3 is 1. The van der Waals surface area contributed by atoms with E-state index >= 15 is 0 Å². The second kappa shape index (κ2) is 5.05. The molecule has 1 aliphatic rings. The van der Waals surface area contributed by atoms with Crippen LogP contribution in [0.1, 0.15) is 43.8 Å². The molecular weight excluding hydrogens is 217 g/mol. The molecule has 1 fully saturated rings. The summed E-state index contributed by atoms with van der Waals surface area (Å²) >= 11 is 0. The molecule has 0 aromatic heterocycles. The molecule has 0 saturated heterocycles. The molecule has 17 heavy (non-hydrogen) atoms. The van der Waals surface area contributed by atoms with Crippen molar-refractivity contribution < 1.29 is 9.13 Å². The first kappa shape index (κ1) is 12.4. The molecular formula is C14H20FNO. The maximum atomic E-state index is 14.6. The fraction of sp³-hybridized carbons (Fsp3) is 0.571. The van der Waals surface area contributed by atoms with Crippen molar-refractivity contribution in [1.29, 1.82) is 0 Å². The summed E-state index contributed by atoms with van der Waals surface area (Å²) in [6.07, 6.45) is 3.58. The van der Waals surface area contributed by atoms with E-state index in [-0.39, 0.29) is 0 Å². The number of alkyl halides is 1. The van der Waals surface area contributed by atoms with E-state index in [1.165, 1.54) is 0 Å². The topological polar surface area (TPSA) is 35.2 Å². The third kappa shape index (κ3) is 2.44. The van der Waals surface area contributed by atoms with E-state index in [4.69, 9.17) is 10.5 Å². The molecule has 0 radical (unpaired) electrons. The Morgan fingerprint density at radius 1 is 1.24 bits per heavy atom. The monoisotopic (exact) mass is 237 g/mol. The molecule has 0 bridgehead atoms. The van der Waals surface area contributed by atoms with Gasteiger partial charge in [0.25, 0.3) is 0 Å². The average Bonchev–Trinajstić information content (AvgIpc) is 2.38. The smallest absolute Gasteiger partial charge is 0.147 e. The molecule has 1 saturated carbocycles. The van der Waals surface area contributed by atoms with Crippen LogP contribution >= 0.6 is 0 Å². The van der Waals surface area contributed by atoms with Crippen LogP contribution in [0.2, 0.25) is 0 Å². The van der Waals surface area contributed by atoms with Crippen molar-refractivity contribution in [3.8, 4) is 5.75 Å². The highest BCUT2D eigenvalue weighted by Crippen LogP contribution is 2.41. The molecule has 2 nitrogen and oxygen atoms in total. The number of halogens is 1. The lowest BCUT2D eigenvalue weighted by Crippen LogP contribution is -2.45. The van der Waals surface area contributed by atoms with Gasteiger partial charge in [0.05, 0.1) is 12.6 Å². The van der Waals surface area contributed by atoms with Gasteiger partial charge >= 0.3 is 0 Å². The van der Waals surface area contributed by atoms with Gasteiger partial charge < -0.3 is 10.5 Å². The van der Waals surface area contributed by atoms with Crippen molar-refractivity contribution in [3.05, 3.63) is 29.8 Å². The van der Waals surface area contributed by atoms with Crippen LogP contribution in [-0.2, 0) is 0 Å². The number of hydrogen-bond donors (Lipinski definition) is 1. The van der Waals surface area contributed by atoms with E-state index in [0.29, 0.717) is 11.3 Å². The fourth-order valence-corrected chi connectivity index (χ4v) is 2.65. The molecule has 2 rings (SSSR count). The Kier molecular flexibility index (Phi) is 3.67. The summed E-state index contributed by atoms with van der Waals surface area (Å²) in [7, 11) is 1.57. The minimum atomic E-state index is -1.14. The Hall–Kier alpha value is -1.09. The summed E-state index contributed by atoms with van der Waals surface area (Å²) in [6, 6.07) is 7.23. The van der Waals surface area contributed by atoms with Gasteiger partial charge in [0.1, 0.15) is 11.9 Å². The summed E-state index contributed by atoms with van der Waals surface area (Å²) in [6.45, 7) is 0. The normalized spacial score (nSPS) is 20.9. The van der Waals surface area contributed by atoms with Crippen LogP contribution < -0.4 is 10.5 Å². The highest BCUT2D eigenvalue weighted by atomic mass is 19.1. The summed E-state index contributed by atoms with van der Waals surface area (Å²) in [5.74, 6) is 0.593. The number of benzene rings is 1. The lowest BCUT2D eigenvalue weighted by Gasteiger charge is -2.36. The van der Waals surface area contributed by atoms with Crippen molar-refractivity contribution >= 4 is 0 Å². The number of ether oxygens (including phenoxy) is 1. The van der Waals surface area contributed by atoms with Gasteiger partial charge in [-0.2, -0.15) is 0 Å². The van der Waals surface area contributed by atoms with Crippen molar-refractivity contribution in [2.75, 3.05) is 7.11 Å². The van der Waals surface area contributed by atoms with E-state index in [1.807, 2.05) is 12.1 Å². The predicted octanol–water partition coefficient (Wildman–Crippen LogP) is 3.37. The third-order valence-corrected chi connectivity index (χ3v) is 3.70. The Labute approximate surface area is 102 Å². The van der Waals surface area contributed by atoms with Crippen LogP contribution in [0.3, 0.4) is 0 Å². The Bertz CT molecular complexity index is 374. The minimum absolute atomic E-state index is 0.583. The molecule has 2 N–H and O–H groups in total. The van der Waals surface area contributed by atoms with Crippen molar-refractivity contribution in [2.24, 2.45) is 5.73 Å². The Morgan fingerprint density at radius 2 is 1.88 bits per heavy atom. The molecule has 3 heteroatoms. The predicted molar refractivity (Wildman–Crippen MR) is 66.8 cm³/mol. The van der Waals surface area contributed by atoms with Gasteiger partial charge in [-0.25, -0.2) is 4.39 Å². The molecule has 1 unspecified atom stereocenters. The van der Waals surface area contributed by atoms with Gasteiger partial charge in [0, 0.05) is 5.56 Å². The average molecular weight is 237 g/mol. The largest absolute Gasteiger partial charge is 0.496 e. The lowest BCUT2D eigenvalue weighted by atomic mass is 9.77. The van der Waals surface area contributed by atoms with Gasteiger partial charge in [-0.3, -0.25) is 0 Å². The van der Waals surface area contributed by atoms with Gasteiger partial charge in [-0.05, 0) is 18.9 Å². The zero-order valence-corrected chi connectivity index (χ0v) is 10.3. The molecule has 1 aliphatic carbocycles. The molecule has 0 amide bonds. The third-order valence-electron chi connectivity index (χ3n) is 3.70. The summed E-state index contributed by atoms with van der Waals surface area (Å²) < 4.78 is 19.9. The van der Waals surface area contributed by atoms with Crippen LogP contribution in [0.4, 0.5) is 4.39 Å². The zero-order valence-electron chi connectivity index (χ0n) is 10.3. The van der Waals surface area contributed by atoms with Crippen LogP contribution in [-0.4, -0.2) is 12.6 Å². The highest BCUT2D eigenvalue weighted by molar-refractivity contribution is 5.37. The quantitative estimate of drug-likeness (QED) is 0.874. The van der Waals surface area contributed by atoms with Gasteiger partial charge in [-0.1, -0.05) is 37.5 Å². The maximum Gasteiger partial charge on any atom is 0.147 e. The number of nitrogens with two attached hydrogens (primary N) is 1. The maximum absolute atomic E-state index is 14.6. The van der Waals surface area contributed by atoms with Crippen LogP contribution in [0.15, 0.2) is 24.3 Å². The van der Waals surface area contributed by atoms with Gasteiger partial charge in [0.15, 0.2) is 0 Å². The van der Waals surface area contributed by atoms with Gasteiger partial charge in [-0.15, -0.1) is 0 Å². The first-order valence-electron chi connectivity index (χ1n) is 6.23. The second-order valence-corrected chi connectivity index (χ2v) is 4.90. The van der Waals surface area contributed by atoms with E-state index in [9.17, 15) is 4.39 Å². The minimum Gasteiger partial charge on any atom is -0.496 e. The SMILES string of the molecule is COc1ccccc1C(F)C1(N)CCCCC1. The van der Waals surface area contributed by atoms with Crippen LogP contribution in [0.5, 0.6) is 5.75 Å². The van der Waals surface area contributed by atoms with Crippen molar-refractivity contribution in [1.82, 2.24) is 0 Å². The Morgan fingerprint density at radius 3 is 2.53 bits per heavy atom. The number of para-hydroxylation sites is 1. The summed E-state index contributed by atoms with van der Waals surface area (Å²) in [5.41, 5.74) is 6.10. The van der Waals surface area contributed by atoms with Crippen LogP contribution in [0.25, 0.3) is 0 Å². The summed E-state index contributed by atoms with van der Waals surface area (Å²) in [5, 5.41) is 0. The molecule has 0 heterocycles. The molecule has 94 valence electrons. The molecule has 1 aromatic rings. The first-order valence-corrected chi connectivity index (χ1v) is 6.23. The summed E-state index contributed by atoms with van der Waals surface area (Å²) in [4.78, 5) is 0. The van der Waals surface area contributed by atoms with Crippen molar-refractivity contribution in [3.63, 3.8) is 0 Å². The second-order valence-electron chi connectivity index (χ2n) is 4.90. The van der Waals surface area contributed by atoms with E-state index in [2.05, 4.69) is 0 Å². The van der Waals surface area contributed by atoms with Crippen molar-refractivity contribution in [2.45, 2.75) is 43.8 Å². The Balaban J connectivity index is 2.26. The first-order chi connectivity index (χ1) is 8.17. The molecule has 1 aromatic carbocycles. The number of hydrogen-bond acceptors (Lipinski definition) is 2.